The fourth-order valence-corrected chi connectivity index (χ4v) is 1.79. The Bertz CT molecular complexity index is 479. The lowest BCUT2D eigenvalue weighted by Crippen LogP contribution is -2.20. The standard InChI is InChI=1S/C10H9BrF3NO4/c1-17-7-3-5(9(16)18-2)6(4-11)8(15-7)19-10(12,13)14/h3H,4H2,1-2H3. The van der Waals surface area contributed by atoms with Gasteiger partial charge in [0, 0.05) is 17.0 Å². The van der Waals surface area contributed by atoms with Crippen LogP contribution in [0.1, 0.15) is 15.9 Å². The molecule has 0 aliphatic heterocycles. The molecule has 0 aromatic carbocycles. The van der Waals surface area contributed by atoms with Crippen LogP contribution in [0.3, 0.4) is 0 Å². The van der Waals surface area contributed by atoms with E-state index in [1.165, 1.54) is 13.2 Å². The van der Waals surface area contributed by atoms with Crippen LogP contribution >= 0.6 is 15.9 Å². The van der Waals surface area contributed by atoms with Crippen molar-refractivity contribution in [3.05, 3.63) is 17.2 Å². The second-order valence-corrected chi connectivity index (χ2v) is 3.73. The fourth-order valence-electron chi connectivity index (χ4n) is 1.25. The molecule has 0 amide bonds. The van der Waals surface area contributed by atoms with E-state index in [0.717, 1.165) is 7.11 Å². The first-order valence-corrected chi connectivity index (χ1v) is 5.92. The van der Waals surface area contributed by atoms with Gasteiger partial charge in [-0.3, -0.25) is 0 Å². The van der Waals surface area contributed by atoms with Gasteiger partial charge < -0.3 is 14.2 Å². The third-order valence-electron chi connectivity index (χ3n) is 2.02. The molecular formula is C10H9BrF3NO4. The van der Waals surface area contributed by atoms with Gasteiger partial charge in [-0.1, -0.05) is 15.9 Å². The predicted molar refractivity (Wildman–Crippen MR) is 61.4 cm³/mol. The molecular weight excluding hydrogens is 335 g/mol. The number of carbonyl (C=O) groups excluding carboxylic acids is 1. The molecule has 1 aromatic heterocycles. The van der Waals surface area contributed by atoms with E-state index in [2.05, 4.69) is 30.4 Å². The Labute approximate surface area is 114 Å². The van der Waals surface area contributed by atoms with E-state index in [1.54, 1.807) is 0 Å². The van der Waals surface area contributed by atoms with E-state index in [1.807, 2.05) is 0 Å². The van der Waals surface area contributed by atoms with E-state index < -0.39 is 18.2 Å². The summed E-state index contributed by atoms with van der Waals surface area (Å²) >= 11 is 2.97. The quantitative estimate of drug-likeness (QED) is 0.621. The van der Waals surface area contributed by atoms with Gasteiger partial charge in [-0.05, 0) is 0 Å². The van der Waals surface area contributed by atoms with Crippen LogP contribution in [0.15, 0.2) is 6.07 Å². The van der Waals surface area contributed by atoms with Crippen molar-refractivity contribution in [1.29, 1.82) is 0 Å². The number of aromatic nitrogens is 1. The molecule has 0 N–H and O–H groups in total. The second-order valence-electron chi connectivity index (χ2n) is 3.17. The van der Waals surface area contributed by atoms with Gasteiger partial charge in [0.2, 0.25) is 11.8 Å². The van der Waals surface area contributed by atoms with Crippen LogP contribution in [0.2, 0.25) is 0 Å². The third kappa shape index (κ3) is 3.98. The van der Waals surface area contributed by atoms with Crippen LogP contribution in [0.25, 0.3) is 0 Å². The monoisotopic (exact) mass is 343 g/mol. The number of hydrogen-bond acceptors (Lipinski definition) is 5. The Hall–Kier alpha value is -1.51. The summed E-state index contributed by atoms with van der Waals surface area (Å²) < 4.78 is 49.8. The molecule has 0 aliphatic carbocycles. The van der Waals surface area contributed by atoms with Crippen molar-refractivity contribution in [2.45, 2.75) is 11.7 Å². The van der Waals surface area contributed by atoms with Gasteiger partial charge in [0.05, 0.1) is 19.8 Å². The third-order valence-corrected chi connectivity index (χ3v) is 2.58. The summed E-state index contributed by atoms with van der Waals surface area (Å²) in [6.45, 7) is 0. The Morgan fingerprint density at radius 3 is 2.47 bits per heavy atom. The molecule has 0 bridgehead atoms. The zero-order valence-electron chi connectivity index (χ0n) is 9.88. The molecule has 0 aliphatic rings. The number of ether oxygens (including phenoxy) is 3. The molecule has 0 fully saturated rings. The maximum atomic E-state index is 12.3. The lowest BCUT2D eigenvalue weighted by Gasteiger charge is -2.14. The van der Waals surface area contributed by atoms with Gasteiger partial charge in [0.1, 0.15) is 0 Å². The maximum Gasteiger partial charge on any atom is 0.574 e. The van der Waals surface area contributed by atoms with Crippen molar-refractivity contribution in [2.24, 2.45) is 0 Å². The van der Waals surface area contributed by atoms with E-state index in [9.17, 15) is 18.0 Å². The van der Waals surface area contributed by atoms with Crippen molar-refractivity contribution in [2.75, 3.05) is 14.2 Å². The average molecular weight is 344 g/mol. The zero-order chi connectivity index (χ0) is 14.6. The fraction of sp³-hybridized carbons (Fsp3) is 0.400. The lowest BCUT2D eigenvalue weighted by atomic mass is 10.1. The minimum absolute atomic E-state index is 0.0696. The molecule has 1 heterocycles. The number of methoxy groups -OCH3 is 2. The highest BCUT2D eigenvalue weighted by Gasteiger charge is 2.34. The number of alkyl halides is 4. The van der Waals surface area contributed by atoms with Gasteiger partial charge in [-0.25, -0.2) is 4.79 Å². The van der Waals surface area contributed by atoms with Crippen LogP contribution in [0.5, 0.6) is 11.8 Å². The molecule has 5 nitrogen and oxygen atoms in total. The number of halogens is 4. The number of pyridine rings is 1. The van der Waals surface area contributed by atoms with Gasteiger partial charge in [0.15, 0.2) is 0 Å². The van der Waals surface area contributed by atoms with E-state index in [-0.39, 0.29) is 22.3 Å². The van der Waals surface area contributed by atoms with Gasteiger partial charge in [0.25, 0.3) is 0 Å². The SMILES string of the molecule is COC(=O)c1cc(OC)nc(OC(F)(F)F)c1CBr. The molecule has 0 saturated carbocycles. The summed E-state index contributed by atoms with van der Waals surface area (Å²) in [6.07, 6.45) is -4.93. The Balaban J connectivity index is 3.39. The van der Waals surface area contributed by atoms with Crippen molar-refractivity contribution in [3.8, 4) is 11.8 Å². The summed E-state index contributed by atoms with van der Waals surface area (Å²) in [5.74, 6) is -1.77. The molecule has 19 heavy (non-hydrogen) atoms. The first-order chi connectivity index (χ1) is 8.82. The van der Waals surface area contributed by atoms with Crippen molar-refractivity contribution < 1.29 is 32.2 Å². The van der Waals surface area contributed by atoms with Crippen molar-refractivity contribution in [3.63, 3.8) is 0 Å². The zero-order valence-corrected chi connectivity index (χ0v) is 11.5. The van der Waals surface area contributed by atoms with Gasteiger partial charge >= 0.3 is 12.3 Å². The van der Waals surface area contributed by atoms with E-state index in [4.69, 9.17) is 4.74 Å². The normalized spacial score (nSPS) is 11.1. The molecule has 0 unspecified atom stereocenters. The van der Waals surface area contributed by atoms with E-state index in [0.29, 0.717) is 0 Å². The summed E-state index contributed by atoms with van der Waals surface area (Å²) in [5, 5.41) is -0.0696. The Kier molecular flexibility index (Phi) is 4.98. The van der Waals surface area contributed by atoms with Gasteiger partial charge in [-0.2, -0.15) is 4.98 Å². The molecule has 9 heteroatoms. The number of nitrogens with zero attached hydrogens (tertiary/aromatic N) is 1. The first kappa shape index (κ1) is 15.5. The largest absolute Gasteiger partial charge is 0.574 e. The first-order valence-electron chi connectivity index (χ1n) is 4.80. The highest BCUT2D eigenvalue weighted by Crippen LogP contribution is 2.31. The molecule has 1 rings (SSSR count). The van der Waals surface area contributed by atoms with Crippen LogP contribution < -0.4 is 9.47 Å². The number of esters is 1. The minimum Gasteiger partial charge on any atom is -0.481 e. The minimum atomic E-state index is -4.93. The molecule has 0 saturated heterocycles. The van der Waals surface area contributed by atoms with Crippen molar-refractivity contribution >= 4 is 21.9 Å². The average Bonchev–Trinajstić information content (AvgIpc) is 2.34. The Morgan fingerprint density at radius 1 is 1.42 bits per heavy atom. The van der Waals surface area contributed by atoms with Crippen LogP contribution in [-0.2, 0) is 10.1 Å². The van der Waals surface area contributed by atoms with Crippen LogP contribution in [0.4, 0.5) is 13.2 Å². The highest BCUT2D eigenvalue weighted by atomic mass is 79.9. The predicted octanol–water partition coefficient (Wildman–Crippen LogP) is 2.67. The maximum absolute atomic E-state index is 12.3. The molecule has 1 aromatic rings. The Morgan fingerprint density at radius 2 is 2.05 bits per heavy atom. The summed E-state index contributed by atoms with van der Waals surface area (Å²) in [7, 11) is 2.31. The molecule has 0 spiro atoms. The topological polar surface area (TPSA) is 57.7 Å². The number of carbonyl (C=O) groups is 1. The molecule has 106 valence electrons. The van der Waals surface area contributed by atoms with Crippen LogP contribution in [0, 0.1) is 0 Å². The number of rotatable bonds is 4. The van der Waals surface area contributed by atoms with Gasteiger partial charge in [-0.15, -0.1) is 13.2 Å². The highest BCUT2D eigenvalue weighted by molar-refractivity contribution is 9.08. The molecule has 0 atom stereocenters. The number of hydrogen-bond donors (Lipinski definition) is 0. The molecule has 0 radical (unpaired) electrons. The smallest absolute Gasteiger partial charge is 0.481 e. The second kappa shape index (κ2) is 6.09. The summed E-state index contributed by atoms with van der Waals surface area (Å²) in [5.41, 5.74) is -0.199. The summed E-state index contributed by atoms with van der Waals surface area (Å²) in [6, 6.07) is 1.17. The summed E-state index contributed by atoms with van der Waals surface area (Å²) in [4.78, 5) is 15.0. The van der Waals surface area contributed by atoms with Crippen LogP contribution in [-0.4, -0.2) is 31.5 Å². The van der Waals surface area contributed by atoms with Crippen molar-refractivity contribution in [1.82, 2.24) is 4.98 Å². The lowest BCUT2D eigenvalue weighted by molar-refractivity contribution is -0.276. The van der Waals surface area contributed by atoms with E-state index >= 15 is 0 Å².